The number of hydrogen-bond donors (Lipinski definition) is 5. The van der Waals surface area contributed by atoms with Gasteiger partial charge in [0.2, 0.25) is 5.91 Å². The number of hydrogen-bond acceptors (Lipinski definition) is 5. The van der Waals surface area contributed by atoms with Gasteiger partial charge in [-0.2, -0.15) is 0 Å². The van der Waals surface area contributed by atoms with Crippen LogP contribution < -0.4 is 5.32 Å². The highest BCUT2D eigenvalue weighted by Gasteiger charge is 2.28. The van der Waals surface area contributed by atoms with Gasteiger partial charge in [0.1, 0.15) is 12.2 Å². The molecule has 0 aliphatic rings. The molecule has 0 fully saturated rings. The SMILES string of the molecule is CCCCCCCCCCC/C=C\C/C=C\CCCCCCCCC(O)C(=O)NC(CO)C(O)C(O)CCCCC. The van der Waals surface area contributed by atoms with Gasteiger partial charge >= 0.3 is 0 Å². The fourth-order valence-electron chi connectivity index (χ4n) is 5.08. The van der Waals surface area contributed by atoms with Crippen LogP contribution in [-0.4, -0.2) is 57.3 Å². The highest BCUT2D eigenvalue weighted by molar-refractivity contribution is 5.80. The van der Waals surface area contributed by atoms with Crippen molar-refractivity contribution < 1.29 is 25.2 Å². The third-order valence-electron chi connectivity index (χ3n) is 7.92. The molecule has 0 aromatic heterocycles. The number of rotatable bonds is 30. The van der Waals surface area contributed by atoms with Crippen LogP contribution in [0.25, 0.3) is 0 Å². The Balaban J connectivity index is 3.67. The predicted octanol–water partition coefficient (Wildman–Crippen LogP) is 7.67. The Kier molecular flexibility index (Phi) is 29.4. The van der Waals surface area contributed by atoms with Crippen molar-refractivity contribution in [2.45, 2.75) is 186 Å². The van der Waals surface area contributed by atoms with Crippen LogP contribution in [-0.2, 0) is 4.79 Å². The van der Waals surface area contributed by atoms with Gasteiger partial charge in [-0.25, -0.2) is 0 Å². The molecule has 0 radical (unpaired) electrons. The maximum absolute atomic E-state index is 12.3. The molecule has 0 heterocycles. The summed E-state index contributed by atoms with van der Waals surface area (Å²) in [6.07, 6.45) is 31.4. The Labute approximate surface area is 253 Å². The zero-order valence-corrected chi connectivity index (χ0v) is 26.8. The van der Waals surface area contributed by atoms with Crippen molar-refractivity contribution in [2.75, 3.05) is 6.61 Å². The van der Waals surface area contributed by atoms with Crippen molar-refractivity contribution in [1.82, 2.24) is 5.32 Å². The lowest BCUT2D eigenvalue weighted by atomic mass is 10.00. The largest absolute Gasteiger partial charge is 0.394 e. The van der Waals surface area contributed by atoms with E-state index in [1.807, 2.05) is 0 Å². The second-order valence-corrected chi connectivity index (χ2v) is 11.9. The molecule has 0 saturated carbocycles. The van der Waals surface area contributed by atoms with E-state index >= 15 is 0 Å². The number of carbonyl (C=O) groups excluding carboxylic acids is 1. The predicted molar refractivity (Wildman–Crippen MR) is 173 cm³/mol. The molecule has 0 aromatic carbocycles. The molecule has 6 nitrogen and oxygen atoms in total. The summed E-state index contributed by atoms with van der Waals surface area (Å²) in [7, 11) is 0. The Morgan fingerprint density at radius 1 is 0.610 bits per heavy atom. The molecular weight excluding hydrogens is 514 g/mol. The number of unbranched alkanes of at least 4 members (excludes halogenated alkanes) is 17. The summed E-state index contributed by atoms with van der Waals surface area (Å²) in [5, 5.41) is 42.6. The van der Waals surface area contributed by atoms with Gasteiger partial charge in [-0.1, -0.05) is 141 Å². The summed E-state index contributed by atoms with van der Waals surface area (Å²) in [6, 6.07) is -0.983. The normalized spacial score (nSPS) is 15.0. The van der Waals surface area contributed by atoms with E-state index in [9.17, 15) is 25.2 Å². The van der Waals surface area contributed by atoms with E-state index in [4.69, 9.17) is 0 Å². The van der Waals surface area contributed by atoms with Gasteiger partial charge in [0.25, 0.3) is 0 Å². The first-order valence-corrected chi connectivity index (χ1v) is 17.2. The minimum Gasteiger partial charge on any atom is -0.394 e. The standard InChI is InChI=1S/C35H67NO5/c1-3-5-7-8-9-10-11-12-13-14-15-16-17-18-19-20-21-22-23-24-25-27-29-33(39)35(41)36-31(30-37)34(40)32(38)28-26-6-4-2/h15-16,18-19,31-34,37-40H,3-14,17,20-30H2,1-2H3,(H,36,41)/b16-15-,19-18-. The first-order chi connectivity index (χ1) is 20.0. The number of allylic oxidation sites excluding steroid dienone is 4. The Bertz CT molecular complexity index is 624. The van der Waals surface area contributed by atoms with Gasteiger partial charge in [0.05, 0.1) is 18.8 Å². The van der Waals surface area contributed by atoms with Gasteiger partial charge in [0.15, 0.2) is 0 Å². The molecule has 242 valence electrons. The minimum absolute atomic E-state index is 0.356. The average molecular weight is 582 g/mol. The molecule has 0 saturated heterocycles. The second kappa shape index (κ2) is 30.3. The fourth-order valence-corrected chi connectivity index (χ4v) is 5.08. The third-order valence-corrected chi connectivity index (χ3v) is 7.92. The molecule has 41 heavy (non-hydrogen) atoms. The van der Waals surface area contributed by atoms with Crippen molar-refractivity contribution in [1.29, 1.82) is 0 Å². The Morgan fingerprint density at radius 3 is 1.56 bits per heavy atom. The van der Waals surface area contributed by atoms with Crippen LogP contribution in [0.2, 0.25) is 0 Å². The highest BCUT2D eigenvalue weighted by Crippen LogP contribution is 2.13. The van der Waals surface area contributed by atoms with Gasteiger partial charge < -0.3 is 25.7 Å². The van der Waals surface area contributed by atoms with E-state index in [0.29, 0.717) is 12.8 Å². The van der Waals surface area contributed by atoms with Crippen molar-refractivity contribution in [3.05, 3.63) is 24.3 Å². The summed E-state index contributed by atoms with van der Waals surface area (Å²) in [5.74, 6) is -0.603. The quantitative estimate of drug-likeness (QED) is 0.0442. The van der Waals surface area contributed by atoms with E-state index < -0.39 is 36.9 Å². The van der Waals surface area contributed by atoms with E-state index in [1.54, 1.807) is 0 Å². The topological polar surface area (TPSA) is 110 Å². The molecule has 0 rings (SSSR count). The van der Waals surface area contributed by atoms with Crippen LogP contribution in [0, 0.1) is 0 Å². The van der Waals surface area contributed by atoms with Crippen molar-refractivity contribution in [3.8, 4) is 0 Å². The minimum atomic E-state index is -1.26. The van der Waals surface area contributed by atoms with E-state index in [2.05, 4.69) is 43.5 Å². The zero-order chi connectivity index (χ0) is 30.4. The molecule has 0 aromatic rings. The van der Waals surface area contributed by atoms with Crippen molar-refractivity contribution in [2.24, 2.45) is 0 Å². The molecule has 0 aliphatic heterocycles. The number of aliphatic hydroxyl groups excluding tert-OH is 4. The molecule has 4 atom stereocenters. The summed E-state index contributed by atoms with van der Waals surface area (Å²) >= 11 is 0. The molecule has 0 bridgehead atoms. The molecule has 0 spiro atoms. The van der Waals surface area contributed by atoms with E-state index in [-0.39, 0.29) is 0 Å². The average Bonchev–Trinajstić information content (AvgIpc) is 2.97. The van der Waals surface area contributed by atoms with Gasteiger partial charge in [-0.05, 0) is 44.9 Å². The number of carbonyl (C=O) groups is 1. The zero-order valence-electron chi connectivity index (χ0n) is 26.8. The lowest BCUT2D eigenvalue weighted by Gasteiger charge is -2.27. The number of aliphatic hydroxyl groups is 4. The Hall–Kier alpha value is -1.21. The van der Waals surface area contributed by atoms with Crippen LogP contribution in [0.3, 0.4) is 0 Å². The van der Waals surface area contributed by atoms with Gasteiger partial charge in [-0.15, -0.1) is 0 Å². The van der Waals surface area contributed by atoms with Crippen LogP contribution in [0.5, 0.6) is 0 Å². The second-order valence-electron chi connectivity index (χ2n) is 11.9. The monoisotopic (exact) mass is 582 g/mol. The first kappa shape index (κ1) is 39.8. The molecular formula is C35H67NO5. The molecule has 0 aliphatic carbocycles. The summed E-state index contributed by atoms with van der Waals surface area (Å²) < 4.78 is 0. The summed E-state index contributed by atoms with van der Waals surface area (Å²) in [6.45, 7) is 3.84. The molecule has 4 unspecified atom stereocenters. The molecule has 6 heteroatoms. The van der Waals surface area contributed by atoms with E-state index in [0.717, 1.165) is 57.8 Å². The van der Waals surface area contributed by atoms with Crippen LogP contribution in [0.1, 0.15) is 162 Å². The van der Waals surface area contributed by atoms with Gasteiger partial charge in [0, 0.05) is 0 Å². The van der Waals surface area contributed by atoms with Crippen LogP contribution in [0.15, 0.2) is 24.3 Å². The lowest BCUT2D eigenvalue weighted by molar-refractivity contribution is -0.132. The van der Waals surface area contributed by atoms with Crippen LogP contribution in [0.4, 0.5) is 0 Å². The summed E-state index contributed by atoms with van der Waals surface area (Å²) in [5.41, 5.74) is 0. The van der Waals surface area contributed by atoms with Crippen molar-refractivity contribution in [3.63, 3.8) is 0 Å². The highest BCUT2D eigenvalue weighted by atomic mass is 16.3. The third kappa shape index (κ3) is 25.0. The smallest absolute Gasteiger partial charge is 0.249 e. The van der Waals surface area contributed by atoms with Crippen LogP contribution >= 0.6 is 0 Å². The van der Waals surface area contributed by atoms with E-state index in [1.165, 1.54) is 77.0 Å². The summed E-state index contributed by atoms with van der Waals surface area (Å²) in [4.78, 5) is 12.3. The Morgan fingerprint density at radius 2 is 1.05 bits per heavy atom. The maximum Gasteiger partial charge on any atom is 0.249 e. The fraction of sp³-hybridized carbons (Fsp3) is 0.857. The molecule has 1 amide bonds. The van der Waals surface area contributed by atoms with Crippen molar-refractivity contribution >= 4 is 5.91 Å². The first-order valence-electron chi connectivity index (χ1n) is 17.2. The lowest BCUT2D eigenvalue weighted by Crippen LogP contribution is -2.53. The maximum atomic E-state index is 12.3. The number of amides is 1. The number of nitrogens with one attached hydrogen (secondary N) is 1. The van der Waals surface area contributed by atoms with Gasteiger partial charge in [-0.3, -0.25) is 4.79 Å². The molecule has 5 N–H and O–H groups in total.